The fourth-order valence-electron chi connectivity index (χ4n) is 1.53. The summed E-state index contributed by atoms with van der Waals surface area (Å²) in [7, 11) is -0.463. The summed E-state index contributed by atoms with van der Waals surface area (Å²) in [5.74, 6) is 0. The first-order chi connectivity index (χ1) is 7.56. The van der Waals surface area contributed by atoms with Crippen molar-refractivity contribution < 1.29 is 22.7 Å². The lowest BCUT2D eigenvalue weighted by molar-refractivity contribution is -0.164. The SMILES string of the molecule is CCC(NCC[P+](=O)[O-])[Si](OC)(OC)OC. The maximum Gasteiger partial charge on any atom is 0.517 e. The minimum atomic E-state index is -2.73. The van der Waals surface area contributed by atoms with Gasteiger partial charge in [-0.2, -0.15) is 0 Å². The summed E-state index contributed by atoms with van der Waals surface area (Å²) in [6.45, 7) is 2.34. The van der Waals surface area contributed by atoms with E-state index >= 15 is 0 Å². The third-order valence-corrected chi connectivity index (χ3v) is 6.14. The van der Waals surface area contributed by atoms with E-state index in [1.54, 1.807) is 0 Å². The lowest BCUT2D eigenvalue weighted by atomic mass is 10.5. The molecule has 0 aliphatic carbocycles. The summed E-state index contributed by atoms with van der Waals surface area (Å²) in [4.78, 5) is 10.4. The van der Waals surface area contributed by atoms with Gasteiger partial charge in [0.1, 0.15) is 0 Å². The average Bonchev–Trinajstić information content (AvgIpc) is 2.29. The van der Waals surface area contributed by atoms with Gasteiger partial charge in [-0.05, 0) is 6.42 Å². The zero-order valence-corrected chi connectivity index (χ0v) is 12.1. The van der Waals surface area contributed by atoms with Gasteiger partial charge in [-0.1, -0.05) is 11.5 Å². The Bertz CT molecular complexity index is 206. The fraction of sp³-hybridized carbons (Fsp3) is 1.00. The molecule has 16 heavy (non-hydrogen) atoms. The molecule has 0 aliphatic rings. The molecule has 0 aromatic rings. The molecule has 0 heterocycles. The van der Waals surface area contributed by atoms with Crippen molar-refractivity contribution in [2.75, 3.05) is 34.0 Å². The summed E-state index contributed by atoms with van der Waals surface area (Å²) in [6, 6.07) is 0. The second-order valence-corrected chi connectivity index (χ2v) is 7.43. The van der Waals surface area contributed by atoms with Gasteiger partial charge < -0.3 is 23.5 Å². The smallest absolute Gasteiger partial charge is 0.517 e. The van der Waals surface area contributed by atoms with E-state index in [1.807, 2.05) is 6.92 Å². The first-order valence-electron chi connectivity index (χ1n) is 5.06. The van der Waals surface area contributed by atoms with Crippen LogP contribution >= 0.6 is 8.03 Å². The van der Waals surface area contributed by atoms with Crippen LogP contribution < -0.4 is 10.2 Å². The van der Waals surface area contributed by atoms with Crippen molar-refractivity contribution in [3.63, 3.8) is 0 Å². The van der Waals surface area contributed by atoms with E-state index in [-0.39, 0.29) is 11.8 Å². The number of rotatable bonds is 9. The predicted octanol–water partition coefficient (Wildman–Crippen LogP) is -0.125. The largest absolute Gasteiger partial charge is 0.596 e. The molecular weight excluding hydrogens is 249 g/mol. The van der Waals surface area contributed by atoms with Crippen molar-refractivity contribution in [1.29, 1.82) is 0 Å². The molecule has 0 amide bonds. The number of hydrogen-bond acceptors (Lipinski definition) is 6. The van der Waals surface area contributed by atoms with Crippen LogP contribution in [0.3, 0.4) is 0 Å². The monoisotopic (exact) mass is 269 g/mol. The van der Waals surface area contributed by atoms with Crippen LogP contribution in [0.15, 0.2) is 0 Å². The summed E-state index contributed by atoms with van der Waals surface area (Å²) in [5, 5.41) is 3.10. The lowest BCUT2D eigenvalue weighted by Crippen LogP contribution is -2.60. The molecule has 0 radical (unpaired) electrons. The zero-order chi connectivity index (χ0) is 12.6. The van der Waals surface area contributed by atoms with Gasteiger partial charge in [0.15, 0.2) is 6.16 Å². The Labute approximate surface area is 98.5 Å². The Balaban J connectivity index is 4.37. The highest BCUT2D eigenvalue weighted by molar-refractivity contribution is 7.36. The van der Waals surface area contributed by atoms with Crippen molar-refractivity contribution in [2.24, 2.45) is 0 Å². The molecule has 0 fully saturated rings. The highest BCUT2D eigenvalue weighted by atomic mass is 31.1. The maximum atomic E-state index is 10.4. The van der Waals surface area contributed by atoms with Gasteiger partial charge in [0.25, 0.3) is 0 Å². The molecule has 8 heteroatoms. The lowest BCUT2D eigenvalue weighted by Gasteiger charge is -2.32. The van der Waals surface area contributed by atoms with E-state index in [9.17, 15) is 9.46 Å². The summed E-state index contributed by atoms with van der Waals surface area (Å²) in [6.07, 6.45) is 0.852. The zero-order valence-electron chi connectivity index (χ0n) is 10.2. The Morgan fingerprint density at radius 1 is 1.31 bits per heavy atom. The van der Waals surface area contributed by atoms with Crippen LogP contribution in [0.4, 0.5) is 0 Å². The molecule has 0 saturated heterocycles. The van der Waals surface area contributed by atoms with Gasteiger partial charge >= 0.3 is 16.8 Å². The van der Waals surface area contributed by atoms with Gasteiger partial charge in [-0.15, -0.1) is 0 Å². The Hall–Kier alpha value is 0.117. The van der Waals surface area contributed by atoms with Crippen LogP contribution in [0.2, 0.25) is 0 Å². The molecule has 96 valence electrons. The predicted molar refractivity (Wildman–Crippen MR) is 61.3 cm³/mol. The second-order valence-electron chi connectivity index (χ2n) is 3.19. The Kier molecular flexibility index (Phi) is 8.30. The molecule has 0 rings (SSSR count). The molecule has 0 aromatic heterocycles. The van der Waals surface area contributed by atoms with Crippen molar-refractivity contribution >= 4 is 16.8 Å². The van der Waals surface area contributed by atoms with E-state index < -0.39 is 16.8 Å². The Morgan fingerprint density at radius 2 is 1.81 bits per heavy atom. The van der Waals surface area contributed by atoms with Crippen LogP contribution in [-0.4, -0.2) is 48.5 Å². The second kappa shape index (κ2) is 8.24. The quantitative estimate of drug-likeness (QED) is 0.464. The highest BCUT2D eigenvalue weighted by Crippen LogP contribution is 2.15. The van der Waals surface area contributed by atoms with Crippen molar-refractivity contribution in [1.82, 2.24) is 5.32 Å². The highest BCUT2D eigenvalue weighted by Gasteiger charge is 2.46. The normalized spacial score (nSPS) is 14.9. The molecular formula is C8H20NO5PSi. The third-order valence-electron chi connectivity index (χ3n) is 2.37. The van der Waals surface area contributed by atoms with Crippen LogP contribution in [0, 0.1) is 0 Å². The summed E-state index contributed by atoms with van der Waals surface area (Å²) in [5.41, 5.74) is -0.0950. The molecule has 0 saturated carbocycles. The Morgan fingerprint density at radius 3 is 2.12 bits per heavy atom. The van der Waals surface area contributed by atoms with Crippen molar-refractivity contribution in [3.05, 3.63) is 0 Å². The first kappa shape index (κ1) is 16.1. The molecule has 0 aromatic carbocycles. The topological polar surface area (TPSA) is 79.9 Å². The van der Waals surface area contributed by atoms with Gasteiger partial charge in [-0.25, -0.2) is 0 Å². The first-order valence-corrected chi connectivity index (χ1v) is 8.23. The number of hydrogen-bond donors (Lipinski definition) is 1. The van der Waals surface area contributed by atoms with E-state index in [1.165, 1.54) is 21.3 Å². The molecule has 0 bridgehead atoms. The van der Waals surface area contributed by atoms with Crippen LogP contribution in [-0.2, 0) is 17.8 Å². The van der Waals surface area contributed by atoms with E-state index in [0.29, 0.717) is 6.54 Å². The van der Waals surface area contributed by atoms with Crippen LogP contribution in [0.1, 0.15) is 13.3 Å². The maximum absolute atomic E-state index is 10.4. The van der Waals surface area contributed by atoms with Gasteiger partial charge in [-0.3, -0.25) is 0 Å². The van der Waals surface area contributed by atoms with Gasteiger partial charge in [0.05, 0.1) is 5.67 Å². The molecule has 1 N–H and O–H groups in total. The minimum absolute atomic E-state index is 0.0950. The molecule has 2 atom stereocenters. The molecule has 0 spiro atoms. The van der Waals surface area contributed by atoms with Gasteiger partial charge in [0.2, 0.25) is 0 Å². The van der Waals surface area contributed by atoms with Crippen molar-refractivity contribution in [2.45, 2.75) is 19.0 Å². The van der Waals surface area contributed by atoms with Crippen LogP contribution in [0.25, 0.3) is 0 Å². The number of nitrogens with one attached hydrogen (secondary N) is 1. The summed E-state index contributed by atoms with van der Waals surface area (Å²) < 4.78 is 26.4. The van der Waals surface area contributed by atoms with Crippen molar-refractivity contribution in [3.8, 4) is 0 Å². The van der Waals surface area contributed by atoms with Gasteiger partial charge in [0, 0.05) is 27.9 Å². The van der Waals surface area contributed by atoms with E-state index in [0.717, 1.165) is 6.42 Å². The third kappa shape index (κ3) is 4.55. The minimum Gasteiger partial charge on any atom is -0.596 e. The summed E-state index contributed by atoms with van der Waals surface area (Å²) >= 11 is 0. The molecule has 0 aliphatic heterocycles. The van der Waals surface area contributed by atoms with E-state index in [2.05, 4.69) is 5.32 Å². The average molecular weight is 269 g/mol. The van der Waals surface area contributed by atoms with E-state index in [4.69, 9.17) is 13.3 Å². The van der Waals surface area contributed by atoms with Crippen LogP contribution in [0.5, 0.6) is 0 Å². The molecule has 2 unspecified atom stereocenters. The standard InChI is InChI=1S/C8H20NO5PSi/c1-5-8(9-6-7-15(10)11)16(12-2,13-3)14-4/h8-9H,5-7H2,1-4H3. The molecule has 6 nitrogen and oxygen atoms in total. The fourth-order valence-corrected chi connectivity index (χ4v) is 4.09.